The van der Waals surface area contributed by atoms with Crippen LogP contribution < -0.4 is 23.8 Å². The summed E-state index contributed by atoms with van der Waals surface area (Å²) in [6.07, 6.45) is 0. The lowest BCUT2D eigenvalue weighted by atomic mass is 10.0. The number of ether oxygens (including phenoxy) is 2. The Morgan fingerprint density at radius 2 is 1.63 bits per heavy atom. The van der Waals surface area contributed by atoms with Crippen LogP contribution in [0.15, 0.2) is 94.7 Å². The number of rotatable bonds is 8. The molecule has 1 aliphatic rings. The molecule has 0 atom stereocenters. The predicted molar refractivity (Wildman–Crippen MR) is 157 cm³/mol. The van der Waals surface area contributed by atoms with Gasteiger partial charge in [-0.3, -0.25) is 13.8 Å². The molecule has 13 heteroatoms. The van der Waals surface area contributed by atoms with Crippen molar-refractivity contribution in [3.05, 3.63) is 90.0 Å². The van der Waals surface area contributed by atoms with Gasteiger partial charge >= 0.3 is 0 Å². The van der Waals surface area contributed by atoms with Gasteiger partial charge in [0, 0.05) is 27.9 Å². The third-order valence-corrected chi connectivity index (χ3v) is 9.79. The minimum Gasteiger partial charge on any atom is -0.497 e. The Hall–Kier alpha value is -4.26. The number of nitrogens with zero attached hydrogens (tertiary/aromatic N) is 1. The zero-order chi connectivity index (χ0) is 29.4. The first-order valence-electron chi connectivity index (χ1n) is 12.1. The highest BCUT2D eigenvalue weighted by Crippen LogP contribution is 2.43. The van der Waals surface area contributed by atoms with E-state index in [-0.39, 0.29) is 21.2 Å². The highest BCUT2D eigenvalue weighted by Gasteiger charge is 2.36. The van der Waals surface area contributed by atoms with Crippen LogP contribution in [0.1, 0.15) is 0 Å². The van der Waals surface area contributed by atoms with E-state index in [4.69, 9.17) is 21.1 Å². The fourth-order valence-electron chi connectivity index (χ4n) is 4.42. The molecule has 5 rings (SSSR count). The topological polar surface area (TPSA) is 131 Å². The van der Waals surface area contributed by atoms with Crippen molar-refractivity contribution in [2.75, 3.05) is 35.1 Å². The van der Waals surface area contributed by atoms with Crippen LogP contribution in [0.3, 0.4) is 0 Å². The van der Waals surface area contributed by atoms with Crippen LogP contribution in [0.2, 0.25) is 5.02 Å². The molecule has 0 saturated carbocycles. The number of hydrogen-bond donors (Lipinski definition) is 2. The van der Waals surface area contributed by atoms with Crippen molar-refractivity contribution >= 4 is 54.6 Å². The average molecular weight is 614 g/mol. The van der Waals surface area contributed by atoms with Crippen molar-refractivity contribution in [3.63, 3.8) is 0 Å². The molecule has 0 bridgehead atoms. The Labute approximate surface area is 242 Å². The van der Waals surface area contributed by atoms with Crippen LogP contribution in [-0.4, -0.2) is 43.5 Å². The molecule has 0 aromatic heterocycles. The monoisotopic (exact) mass is 613 g/mol. The highest BCUT2D eigenvalue weighted by molar-refractivity contribution is 7.93. The molecule has 1 amide bonds. The number of amides is 1. The third-order valence-electron chi connectivity index (χ3n) is 6.36. The van der Waals surface area contributed by atoms with Crippen LogP contribution in [0, 0.1) is 0 Å². The summed E-state index contributed by atoms with van der Waals surface area (Å²) in [5.41, 5.74) is 1.88. The molecule has 4 aromatic carbocycles. The maximum atomic E-state index is 13.5. The standard InChI is InChI=1S/C28H24ClN3O7S2/c1-38-20-10-14-26(39-2)24(16-20)31-40(34,35)21-11-8-19(9-12-21)30-28(33)17-32-25-13-7-18(29)15-23(25)22-5-3-4-6-27(22)41(32,36)37/h3-16,31H,17H2,1-2H3,(H,30,33). The zero-order valence-corrected chi connectivity index (χ0v) is 24.2. The van der Waals surface area contributed by atoms with Gasteiger partial charge in [0.05, 0.1) is 35.4 Å². The van der Waals surface area contributed by atoms with Crippen LogP contribution in [0.4, 0.5) is 17.1 Å². The van der Waals surface area contributed by atoms with E-state index >= 15 is 0 Å². The van der Waals surface area contributed by atoms with Gasteiger partial charge < -0.3 is 14.8 Å². The van der Waals surface area contributed by atoms with Crippen LogP contribution in [-0.2, 0) is 24.8 Å². The molecule has 0 unspecified atom stereocenters. The molecule has 1 heterocycles. The molecule has 10 nitrogen and oxygen atoms in total. The molecule has 0 saturated heterocycles. The third kappa shape index (κ3) is 5.53. The average Bonchev–Trinajstić information content (AvgIpc) is 2.95. The molecule has 4 aromatic rings. The van der Waals surface area contributed by atoms with Crippen LogP contribution >= 0.6 is 11.6 Å². The smallest absolute Gasteiger partial charge is 0.265 e. The lowest BCUT2D eigenvalue weighted by Gasteiger charge is -2.31. The van der Waals surface area contributed by atoms with Crippen molar-refractivity contribution in [1.82, 2.24) is 0 Å². The SMILES string of the molecule is COc1ccc(OC)c(NS(=O)(=O)c2ccc(NC(=O)CN3c4ccc(Cl)cc4-c4ccccc4S3(=O)=O)cc2)c1. The Morgan fingerprint density at radius 1 is 0.902 bits per heavy atom. The normalized spacial score (nSPS) is 13.5. The second kappa shape index (κ2) is 11.0. The summed E-state index contributed by atoms with van der Waals surface area (Å²) in [6, 6.07) is 21.4. The quantitative estimate of drug-likeness (QED) is 0.287. The van der Waals surface area contributed by atoms with E-state index in [1.807, 2.05) is 0 Å². The van der Waals surface area contributed by atoms with Gasteiger partial charge in [-0.15, -0.1) is 0 Å². The number of halogens is 1. The van der Waals surface area contributed by atoms with Crippen molar-refractivity contribution in [2.45, 2.75) is 9.79 Å². The Morgan fingerprint density at radius 3 is 2.34 bits per heavy atom. The zero-order valence-electron chi connectivity index (χ0n) is 21.8. The van der Waals surface area contributed by atoms with Crippen molar-refractivity contribution in [3.8, 4) is 22.6 Å². The number of hydrogen-bond acceptors (Lipinski definition) is 7. The van der Waals surface area contributed by atoms with E-state index in [0.29, 0.717) is 33.3 Å². The van der Waals surface area contributed by atoms with E-state index in [0.717, 1.165) is 4.31 Å². The molecule has 212 valence electrons. The van der Waals surface area contributed by atoms with Gasteiger partial charge in [0.15, 0.2) is 0 Å². The van der Waals surface area contributed by atoms with E-state index in [9.17, 15) is 21.6 Å². The van der Waals surface area contributed by atoms with E-state index in [1.165, 1.54) is 50.6 Å². The van der Waals surface area contributed by atoms with E-state index in [1.54, 1.807) is 48.5 Å². The molecule has 41 heavy (non-hydrogen) atoms. The molecular formula is C28H24ClN3O7S2. The van der Waals surface area contributed by atoms with Crippen molar-refractivity contribution < 1.29 is 31.1 Å². The number of nitrogens with one attached hydrogen (secondary N) is 2. The Balaban J connectivity index is 1.34. The maximum Gasteiger partial charge on any atom is 0.265 e. The highest BCUT2D eigenvalue weighted by atomic mass is 35.5. The van der Waals surface area contributed by atoms with Gasteiger partial charge in [-0.1, -0.05) is 29.8 Å². The summed E-state index contributed by atoms with van der Waals surface area (Å²) in [4.78, 5) is 13.0. The first-order chi connectivity index (χ1) is 19.5. The second-order valence-corrected chi connectivity index (χ2v) is 12.9. The first-order valence-corrected chi connectivity index (χ1v) is 15.4. The van der Waals surface area contributed by atoms with Gasteiger partial charge in [-0.05, 0) is 60.7 Å². The maximum absolute atomic E-state index is 13.5. The van der Waals surface area contributed by atoms with Crippen molar-refractivity contribution in [1.29, 1.82) is 0 Å². The lowest BCUT2D eigenvalue weighted by molar-refractivity contribution is -0.114. The molecule has 2 N–H and O–H groups in total. The summed E-state index contributed by atoms with van der Waals surface area (Å²) in [7, 11) is -5.18. The molecule has 0 fully saturated rings. The molecule has 0 spiro atoms. The largest absolute Gasteiger partial charge is 0.497 e. The number of benzene rings is 4. The number of carbonyl (C=O) groups excluding carboxylic acids is 1. The fourth-order valence-corrected chi connectivity index (χ4v) is 7.30. The molecular weight excluding hydrogens is 590 g/mol. The summed E-state index contributed by atoms with van der Waals surface area (Å²) in [5, 5.41) is 3.06. The van der Waals surface area contributed by atoms with Crippen LogP contribution in [0.5, 0.6) is 11.5 Å². The minimum atomic E-state index is -4.04. The summed E-state index contributed by atoms with van der Waals surface area (Å²) < 4.78 is 66.8. The summed E-state index contributed by atoms with van der Waals surface area (Å²) in [6.45, 7) is -0.511. The number of sulfonamides is 2. The van der Waals surface area contributed by atoms with Gasteiger partial charge in [-0.25, -0.2) is 16.8 Å². The molecule has 0 aliphatic carbocycles. The molecule has 1 aliphatic heterocycles. The van der Waals surface area contributed by atoms with Gasteiger partial charge in [0.2, 0.25) is 5.91 Å². The van der Waals surface area contributed by atoms with Gasteiger partial charge in [0.1, 0.15) is 18.0 Å². The van der Waals surface area contributed by atoms with E-state index < -0.39 is 32.5 Å². The minimum absolute atomic E-state index is 0.0669. The van der Waals surface area contributed by atoms with E-state index in [2.05, 4.69) is 10.0 Å². The van der Waals surface area contributed by atoms with Crippen molar-refractivity contribution in [2.24, 2.45) is 0 Å². The summed E-state index contributed by atoms with van der Waals surface area (Å²) >= 11 is 6.19. The lowest BCUT2D eigenvalue weighted by Crippen LogP contribution is -2.40. The Kier molecular flexibility index (Phi) is 7.56. The number of anilines is 3. The number of fused-ring (bicyclic) bond motifs is 3. The number of carbonyl (C=O) groups is 1. The first kappa shape index (κ1) is 28.3. The Bertz CT molecular complexity index is 1860. The molecule has 0 radical (unpaired) electrons. The number of methoxy groups -OCH3 is 2. The van der Waals surface area contributed by atoms with Crippen LogP contribution in [0.25, 0.3) is 11.1 Å². The summed E-state index contributed by atoms with van der Waals surface area (Å²) in [5.74, 6) is 0.118. The van der Waals surface area contributed by atoms with Gasteiger partial charge in [-0.2, -0.15) is 0 Å². The predicted octanol–water partition coefficient (Wildman–Crippen LogP) is 4.97. The van der Waals surface area contributed by atoms with Gasteiger partial charge in [0.25, 0.3) is 20.0 Å². The second-order valence-electron chi connectivity index (χ2n) is 8.91. The fraction of sp³-hybridized carbons (Fsp3) is 0.107.